The van der Waals surface area contributed by atoms with Crippen molar-refractivity contribution in [1.82, 2.24) is 0 Å². The summed E-state index contributed by atoms with van der Waals surface area (Å²) in [6.07, 6.45) is 0.652. The van der Waals surface area contributed by atoms with Crippen LogP contribution in [-0.4, -0.2) is 64.5 Å². The van der Waals surface area contributed by atoms with Gasteiger partial charge in [-0.15, -0.1) is 0 Å². The normalized spacial score (nSPS) is 6.43. The summed E-state index contributed by atoms with van der Waals surface area (Å²) in [5.74, 6) is 0. The van der Waals surface area contributed by atoms with Crippen molar-refractivity contribution >= 4 is 57.9 Å². The van der Waals surface area contributed by atoms with Crippen LogP contribution in [0.15, 0.2) is 0 Å². The summed E-state index contributed by atoms with van der Waals surface area (Å²) in [4.78, 5) is 9.31. The zero-order valence-corrected chi connectivity index (χ0v) is 3.52. The summed E-state index contributed by atoms with van der Waals surface area (Å²) in [5, 5.41) is 0. The summed E-state index contributed by atoms with van der Waals surface area (Å²) >= 11 is 0. The van der Waals surface area contributed by atoms with Gasteiger partial charge in [0, 0.05) is 0 Å². The molecule has 0 spiro atoms. The first-order valence-electron chi connectivity index (χ1n) is 1.76. The molecular formula is C4H8KO2. The topological polar surface area (TPSA) is 26.3 Å². The van der Waals surface area contributed by atoms with E-state index in [9.17, 15) is 4.79 Å². The van der Waals surface area contributed by atoms with Crippen LogP contribution in [0.25, 0.3) is 0 Å². The van der Waals surface area contributed by atoms with Crippen LogP contribution in [0.2, 0.25) is 0 Å². The fraction of sp³-hybridized carbons (Fsp3) is 0.500. The molecule has 0 heterocycles. The van der Waals surface area contributed by atoms with Crippen LogP contribution in [0.5, 0.6) is 0 Å². The first-order valence-corrected chi connectivity index (χ1v) is 1.76. The van der Waals surface area contributed by atoms with Crippen LogP contribution in [0.3, 0.4) is 0 Å². The molecule has 0 aromatic carbocycles. The van der Waals surface area contributed by atoms with E-state index in [-0.39, 0.29) is 51.4 Å². The van der Waals surface area contributed by atoms with Gasteiger partial charge in [-0.3, -0.25) is 4.79 Å². The van der Waals surface area contributed by atoms with Gasteiger partial charge in [-0.2, -0.15) is 0 Å². The van der Waals surface area contributed by atoms with Gasteiger partial charge in [-0.25, -0.2) is 0 Å². The molecule has 0 aliphatic rings. The third kappa shape index (κ3) is 11.0. The van der Waals surface area contributed by atoms with Gasteiger partial charge in [-0.05, 0) is 13.3 Å². The van der Waals surface area contributed by atoms with E-state index >= 15 is 0 Å². The maximum absolute atomic E-state index is 9.31. The van der Waals surface area contributed by atoms with Crippen LogP contribution in [-0.2, 0) is 9.53 Å². The van der Waals surface area contributed by atoms with Crippen molar-refractivity contribution < 1.29 is 9.53 Å². The summed E-state index contributed by atoms with van der Waals surface area (Å²) in [6.45, 7) is 4.30. The zero-order chi connectivity index (χ0) is 4.83. The number of rotatable bonds is 3. The molecule has 0 aromatic heterocycles. The van der Waals surface area contributed by atoms with Gasteiger partial charge in [0.1, 0.15) is 0 Å². The molecule has 37 valence electrons. The molecule has 0 saturated carbocycles. The van der Waals surface area contributed by atoms with E-state index in [2.05, 4.69) is 11.7 Å². The standard InChI is InChI=1S/C4H7O2.K.H/c1-2-3-6-4-5;;/h4H,1-3H2;;. The SMILES string of the molecule is [CH2]CCOC=O.[KH]. The number of ether oxygens (including phenoxy) is 1. The molecule has 0 N–H and O–H groups in total. The van der Waals surface area contributed by atoms with E-state index in [1.165, 1.54) is 0 Å². The minimum atomic E-state index is 0. The van der Waals surface area contributed by atoms with Gasteiger partial charge in [0.05, 0.1) is 6.61 Å². The van der Waals surface area contributed by atoms with Gasteiger partial charge in [-0.1, -0.05) is 0 Å². The molecule has 0 saturated heterocycles. The third-order valence-corrected chi connectivity index (χ3v) is 0.330. The Morgan fingerprint density at radius 2 is 2.29 bits per heavy atom. The summed E-state index contributed by atoms with van der Waals surface area (Å²) < 4.78 is 4.24. The van der Waals surface area contributed by atoms with Crippen LogP contribution < -0.4 is 0 Å². The van der Waals surface area contributed by atoms with Gasteiger partial charge in [0.2, 0.25) is 0 Å². The van der Waals surface area contributed by atoms with E-state index in [1.807, 2.05) is 0 Å². The second kappa shape index (κ2) is 10.2. The van der Waals surface area contributed by atoms with Crippen LogP contribution in [0.1, 0.15) is 6.42 Å². The molecular weight excluding hydrogens is 119 g/mol. The van der Waals surface area contributed by atoms with Crippen molar-refractivity contribution in [2.24, 2.45) is 0 Å². The quantitative estimate of drug-likeness (QED) is 0.296. The monoisotopic (exact) mass is 127 g/mol. The Morgan fingerprint density at radius 3 is 2.43 bits per heavy atom. The summed E-state index contributed by atoms with van der Waals surface area (Å²) in [6, 6.07) is 0. The fourth-order valence-electron chi connectivity index (χ4n) is 0.131. The zero-order valence-electron chi connectivity index (χ0n) is 3.52. The fourth-order valence-corrected chi connectivity index (χ4v) is 0.131. The molecule has 2 nitrogen and oxygen atoms in total. The molecule has 0 rings (SSSR count). The van der Waals surface area contributed by atoms with Crippen molar-refractivity contribution in [1.29, 1.82) is 0 Å². The first-order chi connectivity index (χ1) is 2.91. The van der Waals surface area contributed by atoms with Gasteiger partial charge in [0.15, 0.2) is 0 Å². The minimum absolute atomic E-state index is 0. The van der Waals surface area contributed by atoms with Crippen molar-refractivity contribution in [2.75, 3.05) is 6.61 Å². The predicted octanol–water partition coefficient (Wildman–Crippen LogP) is -0.265. The van der Waals surface area contributed by atoms with Crippen molar-refractivity contribution in [3.05, 3.63) is 6.92 Å². The molecule has 0 amide bonds. The number of carbonyl (C=O) groups is 1. The van der Waals surface area contributed by atoms with E-state index in [0.29, 0.717) is 19.5 Å². The van der Waals surface area contributed by atoms with Crippen LogP contribution >= 0.6 is 0 Å². The van der Waals surface area contributed by atoms with Gasteiger partial charge in [0.25, 0.3) is 6.47 Å². The number of carbonyl (C=O) groups excluding carboxylic acids is 1. The Labute approximate surface area is 86.0 Å². The molecule has 0 aliphatic carbocycles. The molecule has 0 unspecified atom stereocenters. The predicted molar refractivity (Wildman–Crippen MR) is 29.1 cm³/mol. The summed E-state index contributed by atoms with van der Waals surface area (Å²) in [5.41, 5.74) is 0. The summed E-state index contributed by atoms with van der Waals surface area (Å²) in [7, 11) is 0. The number of hydrogen-bond acceptors (Lipinski definition) is 2. The van der Waals surface area contributed by atoms with E-state index in [4.69, 9.17) is 0 Å². The Kier molecular flexibility index (Phi) is 15.9. The van der Waals surface area contributed by atoms with Gasteiger partial charge < -0.3 is 4.74 Å². The van der Waals surface area contributed by atoms with E-state index < -0.39 is 0 Å². The Balaban J connectivity index is 0. The molecule has 3 heteroatoms. The second-order valence-corrected chi connectivity index (χ2v) is 0.821. The maximum atomic E-state index is 9.31. The van der Waals surface area contributed by atoms with Crippen molar-refractivity contribution in [3.8, 4) is 0 Å². The van der Waals surface area contributed by atoms with Crippen molar-refractivity contribution in [3.63, 3.8) is 0 Å². The molecule has 0 atom stereocenters. The van der Waals surface area contributed by atoms with Gasteiger partial charge >= 0.3 is 51.4 Å². The Bertz CT molecular complexity index is 38.7. The molecule has 0 fully saturated rings. The molecule has 0 aromatic rings. The van der Waals surface area contributed by atoms with Crippen molar-refractivity contribution in [2.45, 2.75) is 6.42 Å². The van der Waals surface area contributed by atoms with E-state index in [1.54, 1.807) is 0 Å². The number of hydrogen-bond donors (Lipinski definition) is 0. The molecule has 1 radical (unpaired) electrons. The Morgan fingerprint density at radius 1 is 1.71 bits per heavy atom. The third-order valence-electron chi connectivity index (χ3n) is 0.330. The average molecular weight is 127 g/mol. The Hall–Kier alpha value is 1.11. The van der Waals surface area contributed by atoms with Crippen LogP contribution in [0, 0.1) is 6.92 Å². The van der Waals surface area contributed by atoms with Crippen LogP contribution in [0.4, 0.5) is 0 Å². The molecule has 7 heavy (non-hydrogen) atoms. The molecule has 0 aliphatic heterocycles. The first kappa shape index (κ1) is 11.0. The molecule has 0 bridgehead atoms. The second-order valence-electron chi connectivity index (χ2n) is 0.821. The average Bonchev–Trinajstić information content (AvgIpc) is 1.61. The van der Waals surface area contributed by atoms with E-state index in [0.717, 1.165) is 0 Å².